The van der Waals surface area contributed by atoms with Crippen molar-refractivity contribution >= 4 is 71.1 Å². The fourth-order valence-electron chi connectivity index (χ4n) is 0.226. The van der Waals surface area contributed by atoms with E-state index < -0.39 is 25.2 Å². The van der Waals surface area contributed by atoms with E-state index in [9.17, 15) is 9.59 Å². The first-order valence-corrected chi connectivity index (χ1v) is 2.14. The van der Waals surface area contributed by atoms with E-state index in [0.717, 1.165) is 0 Å². The van der Waals surface area contributed by atoms with Gasteiger partial charge in [-0.25, -0.2) is 9.59 Å². The minimum absolute atomic E-state index is 0. The summed E-state index contributed by atoms with van der Waals surface area (Å²) in [6.07, 6.45) is 0. The number of carbonyl (C=O) groups is 2. The van der Waals surface area contributed by atoms with Crippen molar-refractivity contribution in [1.82, 2.24) is 0 Å². The Balaban J connectivity index is -0.000000320. The summed E-state index contributed by atoms with van der Waals surface area (Å²) in [5.74, 6) is -2.34. The fourth-order valence-corrected chi connectivity index (χ4v) is 0.226. The monoisotopic (exact) mass is 182 g/mol. The molecule has 0 aliphatic heterocycles. The zero-order chi connectivity index (χ0) is 7.28. The maximum absolute atomic E-state index is 9.66. The molecule has 2 N–H and O–H groups in total. The van der Waals surface area contributed by atoms with Crippen LogP contribution in [0.4, 0.5) is 0 Å². The molecule has 7 heteroatoms. The second-order valence-corrected chi connectivity index (χ2v) is 1.28. The molecule has 5 nitrogen and oxygen atoms in total. The van der Waals surface area contributed by atoms with Gasteiger partial charge in [0.1, 0.15) is 13.2 Å². The summed E-state index contributed by atoms with van der Waals surface area (Å²) in [6, 6.07) is 0. The van der Waals surface area contributed by atoms with Crippen LogP contribution in [-0.4, -0.2) is 94.5 Å². The van der Waals surface area contributed by atoms with E-state index in [-0.39, 0.29) is 59.1 Å². The number of carboxylic acid groups (broad SMARTS) is 2. The van der Waals surface area contributed by atoms with Gasteiger partial charge in [0, 0.05) is 0 Å². The molecule has 0 aliphatic rings. The third-order valence-corrected chi connectivity index (χ3v) is 0.451. The number of hydrogen-bond acceptors (Lipinski definition) is 3. The Hall–Kier alpha value is 0.900. The number of rotatable bonds is 4. The summed E-state index contributed by atoms with van der Waals surface area (Å²) in [5, 5.41) is 15.8. The van der Waals surface area contributed by atoms with Crippen LogP contribution in [0.3, 0.4) is 0 Å². The molecule has 0 radical (unpaired) electrons. The van der Waals surface area contributed by atoms with Crippen molar-refractivity contribution in [2.45, 2.75) is 0 Å². The van der Waals surface area contributed by atoms with Gasteiger partial charge < -0.3 is 14.9 Å². The molecule has 0 saturated heterocycles. The predicted octanol–water partition coefficient (Wildman–Crippen LogP) is -2.12. The fraction of sp³-hybridized carbons (Fsp3) is 0.500. The molecule has 0 bridgehead atoms. The predicted molar refractivity (Wildman–Crippen MR) is 40.4 cm³/mol. The number of hydrogen-bond donors (Lipinski definition) is 2. The Kier molecular flexibility index (Phi) is 17.7. The van der Waals surface area contributed by atoms with Crippen LogP contribution in [0.25, 0.3) is 0 Å². The van der Waals surface area contributed by atoms with E-state index >= 15 is 0 Å². The quantitative estimate of drug-likeness (QED) is 0.485. The summed E-state index contributed by atoms with van der Waals surface area (Å²) in [7, 11) is 0. The minimum atomic E-state index is -1.17. The Morgan fingerprint density at radius 2 is 1.27 bits per heavy atom. The van der Waals surface area contributed by atoms with Crippen LogP contribution in [-0.2, 0) is 14.3 Å². The van der Waals surface area contributed by atoms with Gasteiger partial charge in [0.25, 0.3) is 0 Å². The molecule has 11 heavy (non-hydrogen) atoms. The van der Waals surface area contributed by atoms with Crippen molar-refractivity contribution in [3.63, 3.8) is 0 Å². The van der Waals surface area contributed by atoms with Gasteiger partial charge in [-0.15, -0.1) is 0 Å². The topological polar surface area (TPSA) is 83.8 Å². The van der Waals surface area contributed by atoms with Gasteiger partial charge in [0.15, 0.2) is 0 Å². The third-order valence-electron chi connectivity index (χ3n) is 0.451. The van der Waals surface area contributed by atoms with Crippen LogP contribution in [0.1, 0.15) is 0 Å². The van der Waals surface area contributed by atoms with Crippen LogP contribution < -0.4 is 0 Å². The summed E-state index contributed by atoms with van der Waals surface area (Å²) in [5.41, 5.74) is 0. The van der Waals surface area contributed by atoms with E-state index in [1.54, 1.807) is 0 Å². The van der Waals surface area contributed by atoms with E-state index in [1.807, 2.05) is 0 Å². The van der Waals surface area contributed by atoms with E-state index in [2.05, 4.69) is 4.74 Å². The van der Waals surface area contributed by atoms with Gasteiger partial charge in [-0.2, -0.15) is 0 Å². The standard InChI is InChI=1S/C4H6O5.2Na.2H/c5-3(6)1-9-2-4(7)8;;;;/h1-2H2,(H,5,6)(H,7,8);;;;. The normalized spacial score (nSPS) is 7.27. The second kappa shape index (κ2) is 10.9. The van der Waals surface area contributed by atoms with Gasteiger partial charge >= 0.3 is 71.1 Å². The molecule has 0 aliphatic carbocycles. The van der Waals surface area contributed by atoms with Gasteiger partial charge in [-0.3, -0.25) is 0 Å². The van der Waals surface area contributed by atoms with Gasteiger partial charge in [0.2, 0.25) is 0 Å². The first-order valence-electron chi connectivity index (χ1n) is 2.14. The molecule has 0 spiro atoms. The first-order chi connectivity index (χ1) is 4.13. The summed E-state index contributed by atoms with van der Waals surface area (Å²) >= 11 is 0. The van der Waals surface area contributed by atoms with Gasteiger partial charge in [-0.1, -0.05) is 0 Å². The van der Waals surface area contributed by atoms with Crippen LogP contribution in [0, 0.1) is 0 Å². The van der Waals surface area contributed by atoms with E-state index in [0.29, 0.717) is 0 Å². The van der Waals surface area contributed by atoms with Crippen molar-refractivity contribution in [3.05, 3.63) is 0 Å². The van der Waals surface area contributed by atoms with Crippen molar-refractivity contribution in [3.8, 4) is 0 Å². The molecule has 0 aromatic carbocycles. The molecule has 0 fully saturated rings. The molecule has 0 rings (SSSR count). The number of aliphatic carboxylic acids is 2. The van der Waals surface area contributed by atoms with Crippen molar-refractivity contribution in [2.75, 3.05) is 13.2 Å². The average molecular weight is 182 g/mol. The SMILES string of the molecule is O=C(O)COCC(=O)O.[NaH].[NaH]. The molecule has 0 heterocycles. The zero-order valence-electron chi connectivity index (χ0n) is 4.53. The van der Waals surface area contributed by atoms with Gasteiger partial charge in [0.05, 0.1) is 0 Å². The third kappa shape index (κ3) is 18.1. The molecule has 0 saturated carbocycles. The average Bonchev–Trinajstić information content (AvgIpc) is 1.63. The molecule has 0 aromatic heterocycles. The first kappa shape index (κ1) is 17.8. The zero-order valence-corrected chi connectivity index (χ0v) is 4.53. The van der Waals surface area contributed by atoms with E-state index in [1.165, 1.54) is 0 Å². The van der Waals surface area contributed by atoms with Crippen LogP contribution in [0.2, 0.25) is 0 Å². The van der Waals surface area contributed by atoms with Crippen LogP contribution in [0.15, 0.2) is 0 Å². The van der Waals surface area contributed by atoms with Gasteiger partial charge in [-0.05, 0) is 0 Å². The Labute approximate surface area is 108 Å². The number of ether oxygens (including phenoxy) is 1. The Bertz CT molecular complexity index is 112. The second-order valence-electron chi connectivity index (χ2n) is 1.28. The summed E-state index contributed by atoms with van der Waals surface area (Å²) in [4.78, 5) is 19.3. The molecule has 0 unspecified atom stereocenters. The van der Waals surface area contributed by atoms with Crippen LogP contribution in [0.5, 0.6) is 0 Å². The van der Waals surface area contributed by atoms with Crippen molar-refractivity contribution in [1.29, 1.82) is 0 Å². The Morgan fingerprint density at radius 1 is 1.00 bits per heavy atom. The number of carboxylic acids is 2. The molecule has 0 amide bonds. The van der Waals surface area contributed by atoms with Crippen molar-refractivity contribution < 1.29 is 24.5 Å². The summed E-state index contributed by atoms with van der Waals surface area (Å²) in [6.45, 7) is -1.13. The molecule has 56 valence electrons. The molecular formula is C4H8Na2O5. The Morgan fingerprint density at radius 3 is 1.45 bits per heavy atom. The van der Waals surface area contributed by atoms with E-state index in [4.69, 9.17) is 10.2 Å². The molecule has 0 atom stereocenters. The molecule has 0 aromatic rings. The van der Waals surface area contributed by atoms with Crippen LogP contribution >= 0.6 is 0 Å². The summed E-state index contributed by atoms with van der Waals surface area (Å²) < 4.78 is 4.16. The maximum atomic E-state index is 9.66. The van der Waals surface area contributed by atoms with Crippen molar-refractivity contribution in [2.24, 2.45) is 0 Å². The molecular weight excluding hydrogens is 174 g/mol.